The normalized spacial score (nSPS) is 10.9. The number of esters is 1. The number of rotatable bonds is 6. The summed E-state index contributed by atoms with van der Waals surface area (Å²) < 4.78 is 6.07. The summed E-state index contributed by atoms with van der Waals surface area (Å²) in [6, 6.07) is 27.8. The molecule has 6 heteroatoms. The zero-order chi connectivity index (χ0) is 22.3. The van der Waals surface area contributed by atoms with Gasteiger partial charge in [0, 0.05) is 4.47 Å². The summed E-state index contributed by atoms with van der Waals surface area (Å²) in [6.45, 7) is 0. The minimum Gasteiger partial charge on any atom is -0.423 e. The summed E-state index contributed by atoms with van der Waals surface area (Å²) in [5, 5.41) is 6.19. The Morgan fingerprint density at radius 3 is 2.41 bits per heavy atom. The van der Waals surface area contributed by atoms with Gasteiger partial charge in [-0.3, -0.25) is 4.79 Å². The number of hydrogen-bond acceptors (Lipinski definition) is 4. The van der Waals surface area contributed by atoms with Crippen molar-refractivity contribution in [2.45, 2.75) is 6.42 Å². The molecule has 0 saturated carbocycles. The molecule has 0 aliphatic carbocycles. The van der Waals surface area contributed by atoms with Crippen molar-refractivity contribution < 1.29 is 14.3 Å². The molecular weight excluding hydrogens is 468 g/mol. The van der Waals surface area contributed by atoms with E-state index in [-0.39, 0.29) is 12.3 Å². The van der Waals surface area contributed by atoms with Crippen LogP contribution in [-0.4, -0.2) is 18.1 Å². The second kappa shape index (κ2) is 10.0. The smallest absolute Gasteiger partial charge is 0.344 e. The zero-order valence-electron chi connectivity index (χ0n) is 17.0. The van der Waals surface area contributed by atoms with Crippen molar-refractivity contribution in [1.82, 2.24) is 5.43 Å². The molecule has 0 fully saturated rings. The van der Waals surface area contributed by atoms with E-state index in [1.54, 1.807) is 48.7 Å². The van der Waals surface area contributed by atoms with Crippen LogP contribution >= 0.6 is 15.9 Å². The van der Waals surface area contributed by atoms with Crippen molar-refractivity contribution in [1.29, 1.82) is 0 Å². The van der Waals surface area contributed by atoms with Crippen molar-refractivity contribution >= 4 is 44.8 Å². The minimum absolute atomic E-state index is 0.198. The number of nitrogens with one attached hydrogen (secondary N) is 1. The third kappa shape index (κ3) is 5.28. The van der Waals surface area contributed by atoms with Crippen LogP contribution in [0.25, 0.3) is 10.8 Å². The van der Waals surface area contributed by atoms with E-state index in [0.29, 0.717) is 15.8 Å². The largest absolute Gasteiger partial charge is 0.423 e. The molecule has 4 aromatic rings. The van der Waals surface area contributed by atoms with Crippen LogP contribution in [-0.2, 0) is 11.2 Å². The average molecular weight is 487 g/mol. The first-order valence-electron chi connectivity index (χ1n) is 9.95. The lowest BCUT2D eigenvalue weighted by Crippen LogP contribution is -2.19. The first-order chi connectivity index (χ1) is 15.6. The molecule has 4 aromatic carbocycles. The Balaban J connectivity index is 1.33. The summed E-state index contributed by atoms with van der Waals surface area (Å²) in [5.74, 6) is -0.223. The van der Waals surface area contributed by atoms with Crippen LogP contribution in [0.15, 0.2) is 101 Å². The maximum atomic E-state index is 12.3. The summed E-state index contributed by atoms with van der Waals surface area (Å²) in [5.41, 5.74) is 4.72. The third-order valence-corrected chi connectivity index (χ3v) is 5.51. The summed E-state index contributed by atoms with van der Waals surface area (Å²) >= 11 is 3.34. The molecule has 0 unspecified atom stereocenters. The van der Waals surface area contributed by atoms with Gasteiger partial charge in [0.1, 0.15) is 5.75 Å². The van der Waals surface area contributed by atoms with E-state index in [2.05, 4.69) is 26.5 Å². The second-order valence-electron chi connectivity index (χ2n) is 7.05. The number of fused-ring (bicyclic) bond motifs is 1. The maximum Gasteiger partial charge on any atom is 0.344 e. The van der Waals surface area contributed by atoms with Crippen LogP contribution in [0.5, 0.6) is 5.75 Å². The molecule has 0 spiro atoms. The van der Waals surface area contributed by atoms with Crippen molar-refractivity contribution in [2.24, 2.45) is 5.10 Å². The fourth-order valence-electron chi connectivity index (χ4n) is 3.25. The van der Waals surface area contributed by atoms with Crippen LogP contribution in [0.3, 0.4) is 0 Å². The summed E-state index contributed by atoms with van der Waals surface area (Å²) in [4.78, 5) is 24.6. The Kier molecular flexibility index (Phi) is 6.72. The quantitative estimate of drug-likeness (QED) is 0.169. The second-order valence-corrected chi connectivity index (χ2v) is 7.90. The zero-order valence-corrected chi connectivity index (χ0v) is 18.6. The highest BCUT2D eigenvalue weighted by atomic mass is 79.9. The number of carbonyl (C=O) groups is 2. The van der Waals surface area contributed by atoms with Crippen LogP contribution in [0.4, 0.5) is 0 Å². The molecule has 1 N–H and O–H groups in total. The van der Waals surface area contributed by atoms with Gasteiger partial charge in [-0.25, -0.2) is 10.2 Å². The van der Waals surface area contributed by atoms with E-state index in [1.165, 1.54) is 0 Å². The molecule has 0 aromatic heterocycles. The van der Waals surface area contributed by atoms with E-state index in [1.807, 2.05) is 48.5 Å². The molecule has 5 nitrogen and oxygen atoms in total. The number of nitrogens with zero attached hydrogens (tertiary/aromatic N) is 1. The highest BCUT2D eigenvalue weighted by Crippen LogP contribution is 2.20. The Hall–Kier alpha value is -3.77. The predicted octanol–water partition coefficient (Wildman–Crippen LogP) is 5.51. The molecule has 0 aliphatic heterocycles. The fraction of sp³-hybridized carbons (Fsp3) is 0.0385. The van der Waals surface area contributed by atoms with Gasteiger partial charge < -0.3 is 4.74 Å². The molecule has 1 amide bonds. The lowest BCUT2D eigenvalue weighted by molar-refractivity contribution is -0.120. The van der Waals surface area contributed by atoms with Gasteiger partial charge in [-0.05, 0) is 74.2 Å². The number of ether oxygens (including phenoxy) is 1. The van der Waals surface area contributed by atoms with Gasteiger partial charge in [0.15, 0.2) is 0 Å². The maximum absolute atomic E-state index is 12.3. The molecule has 0 aliphatic rings. The monoisotopic (exact) mass is 486 g/mol. The van der Waals surface area contributed by atoms with Crippen LogP contribution in [0, 0.1) is 0 Å². The van der Waals surface area contributed by atoms with E-state index < -0.39 is 5.97 Å². The molecule has 32 heavy (non-hydrogen) atoms. The number of amides is 1. The van der Waals surface area contributed by atoms with Gasteiger partial charge >= 0.3 is 5.97 Å². The Morgan fingerprint density at radius 2 is 1.59 bits per heavy atom. The SMILES string of the molecule is O=C(Cc1cccc2ccccc12)N/N=C/c1ccc(OC(=O)c2ccccc2Br)cc1. The third-order valence-electron chi connectivity index (χ3n) is 4.82. The van der Waals surface area contributed by atoms with Gasteiger partial charge in [0.2, 0.25) is 5.91 Å². The number of carbonyl (C=O) groups excluding carboxylic acids is 2. The van der Waals surface area contributed by atoms with Crippen LogP contribution < -0.4 is 10.2 Å². The van der Waals surface area contributed by atoms with E-state index in [9.17, 15) is 9.59 Å². The topological polar surface area (TPSA) is 67.8 Å². The van der Waals surface area contributed by atoms with Crippen LogP contribution in [0.2, 0.25) is 0 Å². The van der Waals surface area contributed by atoms with E-state index >= 15 is 0 Å². The molecule has 0 bridgehead atoms. The highest BCUT2D eigenvalue weighted by molar-refractivity contribution is 9.10. The number of hydrazone groups is 1. The van der Waals surface area contributed by atoms with Crippen molar-refractivity contribution in [2.75, 3.05) is 0 Å². The fourth-order valence-corrected chi connectivity index (χ4v) is 3.70. The van der Waals surface area contributed by atoms with Gasteiger partial charge in [-0.1, -0.05) is 54.6 Å². The van der Waals surface area contributed by atoms with Crippen LogP contribution in [0.1, 0.15) is 21.5 Å². The molecular formula is C26H19BrN2O3. The van der Waals surface area contributed by atoms with E-state index in [0.717, 1.165) is 21.9 Å². The number of halogens is 1. The van der Waals surface area contributed by atoms with E-state index in [4.69, 9.17) is 4.74 Å². The first-order valence-corrected chi connectivity index (χ1v) is 10.7. The van der Waals surface area contributed by atoms with Crippen molar-refractivity contribution in [3.05, 3.63) is 112 Å². The summed E-state index contributed by atoms with van der Waals surface area (Å²) in [6.07, 6.45) is 1.78. The highest BCUT2D eigenvalue weighted by Gasteiger charge is 2.11. The van der Waals surface area contributed by atoms with Crippen molar-refractivity contribution in [3.63, 3.8) is 0 Å². The first kappa shape index (κ1) is 21.5. The predicted molar refractivity (Wildman–Crippen MR) is 129 cm³/mol. The molecule has 0 saturated heterocycles. The molecule has 158 valence electrons. The van der Waals surface area contributed by atoms with Gasteiger partial charge in [-0.2, -0.15) is 5.10 Å². The molecule has 4 rings (SSSR count). The molecule has 0 radical (unpaired) electrons. The number of hydrogen-bond donors (Lipinski definition) is 1. The van der Waals surface area contributed by atoms with Crippen molar-refractivity contribution in [3.8, 4) is 5.75 Å². The number of benzene rings is 4. The standard InChI is InChI=1S/C26H19BrN2O3/c27-24-11-4-3-10-23(24)26(31)32-21-14-12-18(13-15-21)17-28-29-25(30)16-20-8-5-7-19-6-1-2-9-22(19)20/h1-15,17H,16H2,(H,29,30)/b28-17+. The summed E-state index contributed by atoms with van der Waals surface area (Å²) in [7, 11) is 0. The lowest BCUT2D eigenvalue weighted by Gasteiger charge is -2.06. The Labute approximate surface area is 193 Å². The Bertz CT molecular complexity index is 1290. The van der Waals surface area contributed by atoms with Gasteiger partial charge in [-0.15, -0.1) is 0 Å². The average Bonchev–Trinajstić information content (AvgIpc) is 2.81. The lowest BCUT2D eigenvalue weighted by atomic mass is 10.0. The van der Waals surface area contributed by atoms with Gasteiger partial charge in [0.25, 0.3) is 0 Å². The Morgan fingerprint density at radius 1 is 0.875 bits per heavy atom. The molecule has 0 atom stereocenters. The van der Waals surface area contributed by atoms with Gasteiger partial charge in [0.05, 0.1) is 18.2 Å². The molecule has 0 heterocycles. The minimum atomic E-state index is -0.445.